The average Bonchev–Trinajstić information content (AvgIpc) is 3.01. The molecule has 29 heavy (non-hydrogen) atoms. The number of sulfonamides is 1. The lowest BCUT2D eigenvalue weighted by molar-refractivity contribution is -0.117. The molecule has 0 aliphatic carbocycles. The summed E-state index contributed by atoms with van der Waals surface area (Å²) in [4.78, 5) is 29.1. The molecule has 3 aromatic rings. The van der Waals surface area contributed by atoms with E-state index in [1.165, 1.54) is 49.7 Å². The molecule has 0 atom stereocenters. The summed E-state index contributed by atoms with van der Waals surface area (Å²) >= 11 is 1.38. The van der Waals surface area contributed by atoms with Gasteiger partial charge < -0.3 is 9.88 Å². The number of aryl methyl sites for hydroxylation is 1. The maximum absolute atomic E-state index is 12.3. The van der Waals surface area contributed by atoms with Gasteiger partial charge in [-0.05, 0) is 30.3 Å². The van der Waals surface area contributed by atoms with Gasteiger partial charge in [0.25, 0.3) is 11.8 Å². The maximum atomic E-state index is 12.3. The third-order valence-electron chi connectivity index (χ3n) is 4.21. The molecule has 8 nitrogen and oxygen atoms in total. The van der Waals surface area contributed by atoms with Crippen LogP contribution in [0.2, 0.25) is 0 Å². The number of fused-ring (bicyclic) bond motifs is 1. The highest BCUT2D eigenvalue weighted by molar-refractivity contribution is 7.89. The molecule has 1 heterocycles. The Morgan fingerprint density at radius 3 is 2.55 bits per heavy atom. The van der Waals surface area contributed by atoms with E-state index in [9.17, 15) is 18.0 Å². The van der Waals surface area contributed by atoms with E-state index in [0.29, 0.717) is 4.80 Å². The second-order valence-electron chi connectivity index (χ2n) is 6.41. The summed E-state index contributed by atoms with van der Waals surface area (Å²) in [6.45, 7) is -0.294. The predicted molar refractivity (Wildman–Crippen MR) is 111 cm³/mol. The summed E-state index contributed by atoms with van der Waals surface area (Å²) in [6, 6.07) is 13.4. The van der Waals surface area contributed by atoms with Crippen molar-refractivity contribution in [2.24, 2.45) is 12.0 Å². The number of benzene rings is 2. The maximum Gasteiger partial charge on any atom is 0.267 e. The summed E-state index contributed by atoms with van der Waals surface area (Å²) in [5.74, 6) is -1.05. The Kier molecular flexibility index (Phi) is 5.96. The third-order valence-corrected chi connectivity index (χ3v) is 7.13. The predicted octanol–water partition coefficient (Wildman–Crippen LogP) is 1.35. The van der Waals surface area contributed by atoms with Crippen molar-refractivity contribution in [1.29, 1.82) is 0 Å². The quantitative estimate of drug-likeness (QED) is 0.658. The van der Waals surface area contributed by atoms with Crippen molar-refractivity contribution in [2.45, 2.75) is 4.90 Å². The van der Waals surface area contributed by atoms with Gasteiger partial charge in [-0.3, -0.25) is 9.59 Å². The first-order chi connectivity index (χ1) is 13.7. The molecule has 10 heteroatoms. The molecule has 2 aromatic carbocycles. The Morgan fingerprint density at radius 2 is 1.86 bits per heavy atom. The zero-order valence-electron chi connectivity index (χ0n) is 16.1. The highest BCUT2D eigenvalue weighted by atomic mass is 32.2. The van der Waals surface area contributed by atoms with Crippen LogP contribution in [0.25, 0.3) is 10.2 Å². The molecule has 2 amide bonds. The van der Waals surface area contributed by atoms with E-state index in [1.54, 1.807) is 0 Å². The Bertz CT molecular complexity index is 1260. The topological polar surface area (TPSA) is 101 Å². The molecule has 0 bridgehead atoms. The highest BCUT2D eigenvalue weighted by Gasteiger charge is 2.19. The smallest absolute Gasteiger partial charge is 0.267 e. The number of hydrogen-bond acceptors (Lipinski definition) is 5. The molecule has 1 aromatic heterocycles. The van der Waals surface area contributed by atoms with Crippen molar-refractivity contribution in [1.82, 2.24) is 14.2 Å². The molecule has 0 aliphatic rings. The van der Waals surface area contributed by atoms with Gasteiger partial charge in [0.2, 0.25) is 10.0 Å². The number of aromatic nitrogens is 1. The van der Waals surface area contributed by atoms with Crippen molar-refractivity contribution >= 4 is 43.4 Å². The molecular weight excluding hydrogens is 412 g/mol. The summed E-state index contributed by atoms with van der Waals surface area (Å²) in [5.41, 5.74) is 1.11. The number of para-hydroxylation sites is 1. The monoisotopic (exact) mass is 432 g/mol. The number of thiazole rings is 1. The normalized spacial score (nSPS) is 12.5. The fourth-order valence-electron chi connectivity index (χ4n) is 2.60. The minimum atomic E-state index is -3.66. The number of carbonyl (C=O) groups is 2. The Labute approximate surface area is 172 Å². The number of nitrogens with zero attached hydrogens (tertiary/aromatic N) is 3. The van der Waals surface area contributed by atoms with Crippen LogP contribution in [0.3, 0.4) is 0 Å². The van der Waals surface area contributed by atoms with Gasteiger partial charge in [-0.1, -0.05) is 29.5 Å². The average molecular weight is 433 g/mol. The van der Waals surface area contributed by atoms with Crippen LogP contribution in [0, 0.1) is 0 Å². The number of carbonyl (C=O) groups excluding carboxylic acids is 2. The van der Waals surface area contributed by atoms with E-state index >= 15 is 0 Å². The molecule has 3 rings (SSSR count). The molecular formula is C19H20N4O4S2. The van der Waals surface area contributed by atoms with Gasteiger partial charge in [0, 0.05) is 26.7 Å². The summed E-state index contributed by atoms with van der Waals surface area (Å²) < 4.78 is 28.3. The lowest BCUT2D eigenvalue weighted by Crippen LogP contribution is -2.30. The second kappa shape index (κ2) is 8.27. The fraction of sp³-hybridized carbons (Fsp3) is 0.211. The van der Waals surface area contributed by atoms with E-state index in [-0.39, 0.29) is 17.0 Å². The van der Waals surface area contributed by atoms with E-state index < -0.39 is 21.8 Å². The minimum absolute atomic E-state index is 0.00321. The van der Waals surface area contributed by atoms with Crippen LogP contribution in [-0.2, 0) is 21.9 Å². The van der Waals surface area contributed by atoms with Crippen molar-refractivity contribution in [3.05, 3.63) is 58.9 Å². The number of amides is 2. The van der Waals surface area contributed by atoms with E-state index in [0.717, 1.165) is 14.5 Å². The lowest BCUT2D eigenvalue weighted by atomic mass is 10.2. The van der Waals surface area contributed by atoms with Crippen LogP contribution >= 0.6 is 11.3 Å². The van der Waals surface area contributed by atoms with Crippen LogP contribution in [0.15, 0.2) is 58.4 Å². The van der Waals surface area contributed by atoms with Crippen LogP contribution in [-0.4, -0.2) is 49.7 Å². The fourth-order valence-corrected chi connectivity index (χ4v) is 4.58. The molecule has 0 unspecified atom stereocenters. The molecule has 1 N–H and O–H groups in total. The van der Waals surface area contributed by atoms with Crippen LogP contribution in [0.5, 0.6) is 0 Å². The van der Waals surface area contributed by atoms with Gasteiger partial charge in [0.05, 0.1) is 21.7 Å². The summed E-state index contributed by atoms with van der Waals surface area (Å²) in [5, 5.41) is 2.48. The minimum Gasteiger partial charge on any atom is -0.343 e. The first kappa shape index (κ1) is 20.9. The standard InChI is InChI=1S/C19H20N4O4S2/c1-22(2)29(26,27)14-8-6-7-13(11-14)18(25)20-12-17(24)21-19-23(3)15-9-4-5-10-16(15)28-19/h4-11H,12H2,1-3H3,(H,20,25). The Balaban J connectivity index is 1.74. The first-order valence-corrected chi connectivity index (χ1v) is 10.9. The summed E-state index contributed by atoms with van der Waals surface area (Å²) in [6.07, 6.45) is 0. The van der Waals surface area contributed by atoms with Crippen molar-refractivity contribution < 1.29 is 18.0 Å². The number of nitrogens with one attached hydrogen (secondary N) is 1. The largest absolute Gasteiger partial charge is 0.343 e. The lowest BCUT2D eigenvalue weighted by Gasteiger charge is -2.12. The van der Waals surface area contributed by atoms with Crippen molar-refractivity contribution in [2.75, 3.05) is 20.6 Å². The zero-order valence-corrected chi connectivity index (χ0v) is 17.8. The van der Waals surface area contributed by atoms with Crippen molar-refractivity contribution in [3.8, 4) is 0 Å². The highest BCUT2D eigenvalue weighted by Crippen LogP contribution is 2.16. The number of rotatable bonds is 5. The van der Waals surface area contributed by atoms with Crippen molar-refractivity contribution in [3.63, 3.8) is 0 Å². The molecule has 0 aliphatic heterocycles. The van der Waals surface area contributed by atoms with Crippen LogP contribution in [0.1, 0.15) is 10.4 Å². The van der Waals surface area contributed by atoms with Crippen LogP contribution < -0.4 is 10.1 Å². The van der Waals surface area contributed by atoms with Crippen LogP contribution in [0.4, 0.5) is 0 Å². The summed E-state index contributed by atoms with van der Waals surface area (Å²) in [7, 11) is 0.990. The first-order valence-electron chi connectivity index (χ1n) is 8.63. The zero-order chi connectivity index (χ0) is 21.2. The Hall–Kier alpha value is -2.82. The van der Waals surface area contributed by atoms with Gasteiger partial charge in [-0.15, -0.1) is 0 Å². The molecule has 0 saturated heterocycles. The SMILES string of the molecule is CN(C)S(=O)(=O)c1cccc(C(=O)NCC(=O)N=c2sc3ccccc3n2C)c1. The van der Waals surface area contributed by atoms with E-state index in [1.807, 2.05) is 35.9 Å². The molecule has 0 spiro atoms. The van der Waals surface area contributed by atoms with Gasteiger partial charge in [-0.25, -0.2) is 12.7 Å². The second-order valence-corrected chi connectivity index (χ2v) is 9.58. The molecule has 0 fully saturated rings. The number of hydrogen-bond donors (Lipinski definition) is 1. The molecule has 0 saturated carbocycles. The van der Waals surface area contributed by atoms with Gasteiger partial charge in [0.1, 0.15) is 0 Å². The van der Waals surface area contributed by atoms with E-state index in [2.05, 4.69) is 10.3 Å². The molecule has 152 valence electrons. The van der Waals surface area contributed by atoms with E-state index in [4.69, 9.17) is 0 Å². The molecule has 0 radical (unpaired) electrons. The van der Waals surface area contributed by atoms with Gasteiger partial charge >= 0.3 is 0 Å². The van der Waals surface area contributed by atoms with Gasteiger partial charge in [-0.2, -0.15) is 4.99 Å². The Morgan fingerprint density at radius 1 is 1.14 bits per heavy atom. The van der Waals surface area contributed by atoms with Gasteiger partial charge in [0.15, 0.2) is 4.80 Å². The third kappa shape index (κ3) is 4.44.